The van der Waals surface area contributed by atoms with Crippen molar-refractivity contribution in [3.8, 4) is 0 Å². The van der Waals surface area contributed by atoms with Crippen molar-refractivity contribution < 1.29 is 4.79 Å². The Morgan fingerprint density at radius 2 is 2.36 bits per heavy atom. The first-order chi connectivity index (χ1) is 5.13. The third-order valence-electron chi connectivity index (χ3n) is 1.27. The molecule has 11 heavy (non-hydrogen) atoms. The molecular weight excluding hydrogens is 208 g/mol. The Morgan fingerprint density at radius 1 is 1.73 bits per heavy atom. The summed E-state index contributed by atoms with van der Waals surface area (Å²) < 4.78 is 0.706. The predicted octanol–water partition coefficient (Wildman–Crippen LogP) is 1.63. The summed E-state index contributed by atoms with van der Waals surface area (Å²) in [5.74, 6) is -0.121. The molecule has 3 nitrogen and oxygen atoms in total. The summed E-state index contributed by atoms with van der Waals surface area (Å²) in [4.78, 5) is 14.7. The molecule has 0 fully saturated rings. The molecule has 0 atom stereocenters. The van der Waals surface area contributed by atoms with Gasteiger partial charge in [0.05, 0.1) is 5.69 Å². The molecule has 0 unspecified atom stereocenters. The maximum Gasteiger partial charge on any atom is 0.180 e. The van der Waals surface area contributed by atoms with Gasteiger partial charge < -0.3 is 5.73 Å². The number of rotatable bonds is 1. The van der Waals surface area contributed by atoms with Crippen molar-refractivity contribution in [2.24, 2.45) is 0 Å². The highest BCUT2D eigenvalue weighted by molar-refractivity contribution is 9.10. The molecule has 4 heteroatoms. The van der Waals surface area contributed by atoms with Crippen LogP contribution in [0.1, 0.15) is 17.4 Å². The molecule has 1 rings (SSSR count). The molecule has 0 saturated carbocycles. The molecule has 0 saturated heterocycles. The molecule has 0 aliphatic heterocycles. The Kier molecular flexibility index (Phi) is 2.24. The summed E-state index contributed by atoms with van der Waals surface area (Å²) >= 11 is 3.20. The fourth-order valence-electron chi connectivity index (χ4n) is 0.730. The SMILES string of the molecule is CC(=O)c1nccc(Br)c1N. The molecule has 0 bridgehead atoms. The van der Waals surface area contributed by atoms with Gasteiger partial charge in [0.25, 0.3) is 0 Å². The highest BCUT2D eigenvalue weighted by Gasteiger charge is 2.07. The number of Topliss-reactive ketones (excluding diaryl/α,β-unsaturated/α-hetero) is 1. The average molecular weight is 215 g/mol. The number of carbonyl (C=O) groups is 1. The van der Waals surface area contributed by atoms with E-state index in [1.54, 1.807) is 6.07 Å². The van der Waals surface area contributed by atoms with Gasteiger partial charge in [0.2, 0.25) is 0 Å². The van der Waals surface area contributed by atoms with Crippen molar-refractivity contribution in [2.75, 3.05) is 5.73 Å². The van der Waals surface area contributed by atoms with Crippen LogP contribution in [0.5, 0.6) is 0 Å². The van der Waals surface area contributed by atoms with Gasteiger partial charge in [-0.3, -0.25) is 9.78 Å². The molecule has 2 N–H and O–H groups in total. The molecule has 0 amide bonds. The second-order valence-corrected chi connectivity index (χ2v) is 2.97. The second kappa shape index (κ2) is 3.00. The van der Waals surface area contributed by atoms with Crippen LogP contribution >= 0.6 is 15.9 Å². The smallest absolute Gasteiger partial charge is 0.180 e. The quantitative estimate of drug-likeness (QED) is 0.724. The van der Waals surface area contributed by atoms with E-state index < -0.39 is 0 Å². The van der Waals surface area contributed by atoms with Crippen LogP contribution in [0.25, 0.3) is 0 Å². The second-order valence-electron chi connectivity index (χ2n) is 2.11. The van der Waals surface area contributed by atoms with Gasteiger partial charge in [0.1, 0.15) is 5.69 Å². The van der Waals surface area contributed by atoms with Crippen LogP contribution < -0.4 is 5.73 Å². The normalized spacial score (nSPS) is 9.64. The lowest BCUT2D eigenvalue weighted by atomic mass is 10.2. The highest BCUT2D eigenvalue weighted by Crippen LogP contribution is 2.20. The molecule has 0 aliphatic carbocycles. The summed E-state index contributed by atoms with van der Waals surface area (Å²) in [5, 5.41) is 0. The van der Waals surface area contributed by atoms with Gasteiger partial charge in [0, 0.05) is 17.6 Å². The summed E-state index contributed by atoms with van der Waals surface area (Å²) in [5.41, 5.74) is 6.27. The van der Waals surface area contributed by atoms with Crippen LogP contribution in [0, 0.1) is 0 Å². The topological polar surface area (TPSA) is 56.0 Å². The Hall–Kier alpha value is -0.900. The van der Waals surface area contributed by atoms with E-state index >= 15 is 0 Å². The van der Waals surface area contributed by atoms with E-state index in [4.69, 9.17) is 5.73 Å². The zero-order valence-corrected chi connectivity index (χ0v) is 7.55. The lowest BCUT2D eigenvalue weighted by Gasteiger charge is -2.00. The third-order valence-corrected chi connectivity index (χ3v) is 1.96. The van der Waals surface area contributed by atoms with E-state index in [1.807, 2.05) is 0 Å². The fourth-order valence-corrected chi connectivity index (χ4v) is 1.04. The number of nitrogen functional groups attached to an aromatic ring is 1. The van der Waals surface area contributed by atoms with Crippen molar-refractivity contribution in [1.29, 1.82) is 0 Å². The first-order valence-electron chi connectivity index (χ1n) is 3.04. The van der Waals surface area contributed by atoms with E-state index in [0.717, 1.165) is 0 Å². The number of pyridine rings is 1. The first kappa shape index (κ1) is 8.20. The van der Waals surface area contributed by atoms with Crippen molar-refractivity contribution in [3.63, 3.8) is 0 Å². The molecule has 0 radical (unpaired) electrons. The van der Waals surface area contributed by atoms with Crippen LogP contribution in [0.2, 0.25) is 0 Å². The Labute approximate surface area is 72.7 Å². The minimum Gasteiger partial charge on any atom is -0.396 e. The molecule has 1 aromatic rings. The first-order valence-corrected chi connectivity index (χ1v) is 3.83. The Morgan fingerprint density at radius 3 is 2.82 bits per heavy atom. The van der Waals surface area contributed by atoms with Crippen LogP contribution in [0.15, 0.2) is 16.7 Å². The summed E-state index contributed by atoms with van der Waals surface area (Å²) in [7, 11) is 0. The van der Waals surface area contributed by atoms with Crippen LogP contribution in [0.3, 0.4) is 0 Å². The largest absolute Gasteiger partial charge is 0.396 e. The minimum atomic E-state index is -0.121. The lowest BCUT2D eigenvalue weighted by molar-refractivity contribution is 0.101. The van der Waals surface area contributed by atoms with Gasteiger partial charge in [-0.2, -0.15) is 0 Å². The maximum absolute atomic E-state index is 10.9. The number of anilines is 1. The number of aromatic nitrogens is 1. The number of hydrogen-bond donors (Lipinski definition) is 1. The van der Waals surface area contributed by atoms with E-state index in [-0.39, 0.29) is 5.78 Å². The highest BCUT2D eigenvalue weighted by atomic mass is 79.9. The number of halogens is 1. The van der Waals surface area contributed by atoms with Crippen LogP contribution in [0.4, 0.5) is 5.69 Å². The number of hydrogen-bond acceptors (Lipinski definition) is 3. The van der Waals surface area contributed by atoms with E-state index in [1.165, 1.54) is 13.1 Å². The van der Waals surface area contributed by atoms with E-state index in [9.17, 15) is 4.79 Å². The Balaban J connectivity index is 3.27. The van der Waals surface area contributed by atoms with Gasteiger partial charge in [-0.15, -0.1) is 0 Å². The zero-order valence-electron chi connectivity index (χ0n) is 5.97. The van der Waals surface area contributed by atoms with Crippen LogP contribution in [-0.2, 0) is 0 Å². The van der Waals surface area contributed by atoms with Crippen molar-refractivity contribution in [3.05, 3.63) is 22.4 Å². The summed E-state index contributed by atoms with van der Waals surface area (Å²) in [6, 6.07) is 1.70. The van der Waals surface area contributed by atoms with E-state index in [0.29, 0.717) is 15.9 Å². The molecule has 1 aromatic heterocycles. The lowest BCUT2D eigenvalue weighted by Crippen LogP contribution is -2.02. The fraction of sp³-hybridized carbons (Fsp3) is 0.143. The third kappa shape index (κ3) is 1.57. The summed E-state index contributed by atoms with van der Waals surface area (Å²) in [6.07, 6.45) is 1.54. The van der Waals surface area contributed by atoms with Gasteiger partial charge in [-0.05, 0) is 22.0 Å². The monoisotopic (exact) mass is 214 g/mol. The van der Waals surface area contributed by atoms with Gasteiger partial charge in [-0.1, -0.05) is 0 Å². The number of carbonyl (C=O) groups excluding carboxylic acids is 1. The van der Waals surface area contributed by atoms with Crippen LogP contribution in [-0.4, -0.2) is 10.8 Å². The van der Waals surface area contributed by atoms with Crippen molar-refractivity contribution in [2.45, 2.75) is 6.92 Å². The molecule has 1 heterocycles. The number of nitrogens with zero attached hydrogens (tertiary/aromatic N) is 1. The molecular formula is C7H7BrN2O. The standard InChI is InChI=1S/C7H7BrN2O/c1-4(11)7-6(9)5(8)2-3-10-7/h2-3H,9H2,1H3. The van der Waals surface area contributed by atoms with Crippen molar-refractivity contribution in [1.82, 2.24) is 4.98 Å². The number of nitrogens with two attached hydrogens (primary N) is 1. The van der Waals surface area contributed by atoms with Gasteiger partial charge in [0.15, 0.2) is 5.78 Å². The zero-order chi connectivity index (χ0) is 8.43. The summed E-state index contributed by atoms with van der Waals surface area (Å²) in [6.45, 7) is 1.44. The molecule has 58 valence electrons. The number of ketones is 1. The molecule has 0 aromatic carbocycles. The maximum atomic E-state index is 10.9. The van der Waals surface area contributed by atoms with E-state index in [2.05, 4.69) is 20.9 Å². The van der Waals surface area contributed by atoms with Gasteiger partial charge in [-0.25, -0.2) is 0 Å². The molecule has 0 aliphatic rings. The average Bonchev–Trinajstić information content (AvgIpc) is 1.94. The van der Waals surface area contributed by atoms with Crippen molar-refractivity contribution >= 4 is 27.4 Å². The van der Waals surface area contributed by atoms with Gasteiger partial charge >= 0.3 is 0 Å². The predicted molar refractivity (Wildman–Crippen MR) is 46.4 cm³/mol. The minimum absolute atomic E-state index is 0.121. The Bertz CT molecular complexity index is 298. The molecule has 0 spiro atoms.